The predicted octanol–water partition coefficient (Wildman–Crippen LogP) is 4.65. The van der Waals surface area contributed by atoms with Crippen LogP contribution in [0.5, 0.6) is 5.75 Å². The number of benzene rings is 2. The van der Waals surface area contributed by atoms with E-state index in [1.54, 1.807) is 6.07 Å². The number of pyridine rings is 1. The summed E-state index contributed by atoms with van der Waals surface area (Å²) in [5.74, 6) is 0.355. The third-order valence-corrected chi connectivity index (χ3v) is 5.18. The molecule has 4 nitrogen and oxygen atoms in total. The van der Waals surface area contributed by atoms with Gasteiger partial charge in [-0.3, -0.25) is 9.88 Å². The van der Waals surface area contributed by atoms with Crippen molar-refractivity contribution < 1.29 is 5.11 Å². The first kappa shape index (κ1) is 17.6. The number of aromatic hydroxyl groups is 1. The van der Waals surface area contributed by atoms with Crippen LogP contribution >= 0.6 is 0 Å². The van der Waals surface area contributed by atoms with Crippen LogP contribution < -0.4 is 5.32 Å². The number of nitrogens with zero attached hydrogens (tertiary/aromatic N) is 2. The van der Waals surface area contributed by atoms with Gasteiger partial charge in [-0.2, -0.15) is 0 Å². The lowest BCUT2D eigenvalue weighted by Crippen LogP contribution is -2.31. The maximum atomic E-state index is 9.92. The van der Waals surface area contributed by atoms with Crippen molar-refractivity contribution in [2.45, 2.75) is 32.9 Å². The van der Waals surface area contributed by atoms with Gasteiger partial charge in [0.1, 0.15) is 5.75 Å². The van der Waals surface area contributed by atoms with E-state index in [1.165, 1.54) is 16.8 Å². The van der Waals surface area contributed by atoms with E-state index in [0.29, 0.717) is 5.75 Å². The summed E-state index contributed by atoms with van der Waals surface area (Å²) in [5, 5.41) is 13.5. The van der Waals surface area contributed by atoms with Gasteiger partial charge in [0.25, 0.3) is 0 Å². The van der Waals surface area contributed by atoms with Gasteiger partial charge in [0.05, 0.1) is 0 Å². The summed E-state index contributed by atoms with van der Waals surface area (Å²) in [7, 11) is 0. The summed E-state index contributed by atoms with van der Waals surface area (Å²) < 4.78 is 0. The first-order chi connectivity index (χ1) is 13.2. The molecule has 0 saturated carbocycles. The molecule has 0 unspecified atom stereocenters. The van der Waals surface area contributed by atoms with Gasteiger partial charge in [-0.25, -0.2) is 0 Å². The van der Waals surface area contributed by atoms with E-state index in [0.717, 1.165) is 49.4 Å². The van der Waals surface area contributed by atoms with E-state index in [2.05, 4.69) is 52.5 Å². The van der Waals surface area contributed by atoms with Gasteiger partial charge in [0.15, 0.2) is 0 Å². The number of phenols is 1. The molecule has 0 atom stereocenters. The molecular weight excluding hydrogens is 334 g/mol. The monoisotopic (exact) mass is 359 g/mol. The SMILES string of the molecule is CCc1cc(Nc2ccnc3c2CN(Cc2ccccc2)CC3)ccc1O. The van der Waals surface area contributed by atoms with Crippen molar-refractivity contribution in [2.75, 3.05) is 11.9 Å². The number of rotatable bonds is 5. The van der Waals surface area contributed by atoms with Gasteiger partial charge in [0, 0.05) is 54.9 Å². The topological polar surface area (TPSA) is 48.4 Å². The highest BCUT2D eigenvalue weighted by Gasteiger charge is 2.20. The number of aryl methyl sites for hydroxylation is 1. The molecule has 2 aromatic carbocycles. The Kier molecular flexibility index (Phi) is 5.07. The minimum Gasteiger partial charge on any atom is -0.508 e. The summed E-state index contributed by atoms with van der Waals surface area (Å²) in [5.41, 5.74) is 6.84. The van der Waals surface area contributed by atoms with Crippen LogP contribution in [0.1, 0.15) is 29.3 Å². The van der Waals surface area contributed by atoms with Crippen LogP contribution in [0.2, 0.25) is 0 Å². The largest absolute Gasteiger partial charge is 0.508 e. The highest BCUT2D eigenvalue weighted by Crippen LogP contribution is 2.30. The van der Waals surface area contributed by atoms with Crippen LogP contribution in [0.4, 0.5) is 11.4 Å². The van der Waals surface area contributed by atoms with E-state index in [1.807, 2.05) is 24.4 Å². The molecule has 4 rings (SSSR count). The third-order valence-electron chi connectivity index (χ3n) is 5.18. The molecule has 0 fully saturated rings. The molecule has 138 valence electrons. The Labute approximate surface area is 160 Å². The lowest BCUT2D eigenvalue weighted by atomic mass is 10.0. The van der Waals surface area contributed by atoms with Gasteiger partial charge in [-0.15, -0.1) is 0 Å². The molecule has 1 aliphatic heterocycles. The maximum absolute atomic E-state index is 9.92. The number of fused-ring (bicyclic) bond motifs is 1. The molecule has 1 aromatic heterocycles. The molecule has 0 bridgehead atoms. The van der Waals surface area contributed by atoms with Crippen LogP contribution in [0.15, 0.2) is 60.8 Å². The summed E-state index contributed by atoms with van der Waals surface area (Å²) in [6.45, 7) is 4.92. The first-order valence-corrected chi connectivity index (χ1v) is 9.55. The molecule has 0 aliphatic carbocycles. The molecule has 4 heteroatoms. The number of nitrogens with one attached hydrogen (secondary N) is 1. The van der Waals surface area contributed by atoms with Gasteiger partial charge in [-0.05, 0) is 41.8 Å². The van der Waals surface area contributed by atoms with Gasteiger partial charge < -0.3 is 10.4 Å². The maximum Gasteiger partial charge on any atom is 0.118 e. The number of phenolic OH excluding ortho intramolecular Hbond substituents is 1. The molecule has 0 amide bonds. The Hall–Kier alpha value is -2.85. The second-order valence-corrected chi connectivity index (χ2v) is 7.05. The molecular formula is C23H25N3O. The number of hydrogen-bond donors (Lipinski definition) is 2. The Bertz CT molecular complexity index is 924. The quantitative estimate of drug-likeness (QED) is 0.651. The van der Waals surface area contributed by atoms with Crippen LogP contribution in [0, 0.1) is 0 Å². The van der Waals surface area contributed by atoms with Crippen molar-refractivity contribution in [3.63, 3.8) is 0 Å². The highest BCUT2D eigenvalue weighted by atomic mass is 16.3. The van der Waals surface area contributed by atoms with E-state index in [4.69, 9.17) is 0 Å². The Balaban J connectivity index is 1.56. The summed E-state index contributed by atoms with van der Waals surface area (Å²) >= 11 is 0. The third kappa shape index (κ3) is 3.96. The van der Waals surface area contributed by atoms with Crippen LogP contribution in [0.25, 0.3) is 0 Å². The van der Waals surface area contributed by atoms with E-state index < -0.39 is 0 Å². The molecule has 0 saturated heterocycles. The van der Waals surface area contributed by atoms with Crippen molar-refractivity contribution in [1.82, 2.24) is 9.88 Å². The number of aromatic nitrogens is 1. The van der Waals surface area contributed by atoms with Gasteiger partial charge in [-0.1, -0.05) is 37.3 Å². The summed E-state index contributed by atoms with van der Waals surface area (Å²) in [6.07, 6.45) is 3.66. The van der Waals surface area contributed by atoms with Crippen molar-refractivity contribution in [1.29, 1.82) is 0 Å². The van der Waals surface area contributed by atoms with E-state index in [-0.39, 0.29) is 0 Å². The Morgan fingerprint density at radius 1 is 1.11 bits per heavy atom. The minimum absolute atomic E-state index is 0.355. The van der Waals surface area contributed by atoms with Crippen LogP contribution in [-0.4, -0.2) is 21.5 Å². The lowest BCUT2D eigenvalue weighted by Gasteiger charge is -2.29. The predicted molar refractivity (Wildman–Crippen MR) is 109 cm³/mol. The highest BCUT2D eigenvalue weighted by molar-refractivity contribution is 5.65. The molecule has 2 N–H and O–H groups in total. The second kappa shape index (κ2) is 7.80. The lowest BCUT2D eigenvalue weighted by molar-refractivity contribution is 0.244. The normalized spacial score (nSPS) is 14.0. The molecule has 27 heavy (non-hydrogen) atoms. The fourth-order valence-corrected chi connectivity index (χ4v) is 3.69. The van der Waals surface area contributed by atoms with Crippen molar-refractivity contribution in [3.8, 4) is 5.75 Å². The van der Waals surface area contributed by atoms with Gasteiger partial charge >= 0.3 is 0 Å². The average Bonchev–Trinajstić information content (AvgIpc) is 2.70. The smallest absolute Gasteiger partial charge is 0.118 e. The Morgan fingerprint density at radius 3 is 2.78 bits per heavy atom. The zero-order valence-corrected chi connectivity index (χ0v) is 15.7. The van der Waals surface area contributed by atoms with Crippen LogP contribution in [0.3, 0.4) is 0 Å². The average molecular weight is 359 g/mol. The molecule has 0 radical (unpaired) electrons. The molecule has 3 aromatic rings. The molecule has 2 heterocycles. The zero-order valence-electron chi connectivity index (χ0n) is 15.7. The fourth-order valence-electron chi connectivity index (χ4n) is 3.69. The summed E-state index contributed by atoms with van der Waals surface area (Å²) in [6, 6.07) is 18.4. The fraction of sp³-hybridized carbons (Fsp3) is 0.261. The second-order valence-electron chi connectivity index (χ2n) is 7.05. The summed E-state index contributed by atoms with van der Waals surface area (Å²) in [4.78, 5) is 7.08. The number of anilines is 2. The number of hydrogen-bond acceptors (Lipinski definition) is 4. The minimum atomic E-state index is 0.355. The van der Waals surface area contributed by atoms with E-state index in [9.17, 15) is 5.11 Å². The molecule has 1 aliphatic rings. The van der Waals surface area contributed by atoms with Gasteiger partial charge in [0.2, 0.25) is 0 Å². The first-order valence-electron chi connectivity index (χ1n) is 9.55. The zero-order chi connectivity index (χ0) is 18.6. The van der Waals surface area contributed by atoms with E-state index >= 15 is 0 Å². The van der Waals surface area contributed by atoms with Crippen LogP contribution in [-0.2, 0) is 25.9 Å². The van der Waals surface area contributed by atoms with Crippen molar-refractivity contribution in [2.24, 2.45) is 0 Å². The standard InChI is InChI=1S/C23H25N3O/c1-2-18-14-19(8-9-23(18)27)25-22-10-12-24-21-11-13-26(16-20(21)22)15-17-6-4-3-5-7-17/h3-10,12,14,27H,2,11,13,15-16H2,1H3,(H,24,25). The van der Waals surface area contributed by atoms with Crippen molar-refractivity contribution in [3.05, 3.63) is 83.2 Å². The Morgan fingerprint density at radius 2 is 1.96 bits per heavy atom. The van der Waals surface area contributed by atoms with Crippen molar-refractivity contribution >= 4 is 11.4 Å². The molecule has 0 spiro atoms.